The summed E-state index contributed by atoms with van der Waals surface area (Å²) in [6, 6.07) is 4.90. The smallest absolute Gasteiger partial charge is 0.236 e. The minimum atomic E-state index is 0.183. The highest BCUT2D eigenvalue weighted by molar-refractivity contribution is 7.10. The first kappa shape index (κ1) is 23.1. The maximum absolute atomic E-state index is 12.0. The molecule has 1 aromatic heterocycles. The van der Waals surface area contributed by atoms with E-state index in [0.717, 1.165) is 45.0 Å². The molecule has 3 rings (SSSR count). The molecule has 7 heteroatoms. The van der Waals surface area contributed by atoms with Gasteiger partial charge in [-0.05, 0) is 44.1 Å². The van der Waals surface area contributed by atoms with Crippen LogP contribution in [-0.4, -0.2) is 74.5 Å². The predicted octanol–water partition coefficient (Wildman–Crippen LogP) is 3.06. The number of nitrogens with zero attached hydrogens (tertiary/aromatic N) is 3. The van der Waals surface area contributed by atoms with Crippen molar-refractivity contribution in [1.29, 1.82) is 0 Å². The topological polar surface area (TPSA) is 60.0 Å². The van der Waals surface area contributed by atoms with Gasteiger partial charge in [-0.1, -0.05) is 25.3 Å². The van der Waals surface area contributed by atoms with Crippen LogP contribution < -0.4 is 10.6 Å². The lowest BCUT2D eigenvalue weighted by atomic mass is 9.73. The molecule has 2 aliphatic rings. The van der Waals surface area contributed by atoms with Gasteiger partial charge in [-0.15, -0.1) is 11.3 Å². The van der Waals surface area contributed by atoms with Crippen molar-refractivity contribution in [2.75, 3.05) is 46.8 Å². The van der Waals surface area contributed by atoms with Gasteiger partial charge in [0.15, 0.2) is 5.96 Å². The van der Waals surface area contributed by atoms with Gasteiger partial charge in [-0.2, -0.15) is 0 Å². The van der Waals surface area contributed by atoms with Crippen LogP contribution in [0.3, 0.4) is 0 Å². The zero-order valence-corrected chi connectivity index (χ0v) is 19.8. The van der Waals surface area contributed by atoms with Crippen LogP contribution in [0.1, 0.15) is 56.7 Å². The largest absolute Gasteiger partial charge is 0.357 e. The number of carbonyl (C=O) groups excluding carboxylic acids is 1. The number of nitrogens with one attached hydrogen (secondary N) is 2. The molecular formula is C23H39N5OS. The summed E-state index contributed by atoms with van der Waals surface area (Å²) in [6.07, 6.45) is 8.54. The SMILES string of the molecule is CCNC(=NCC1(c2cccs2)CCCCC1)NC1CCN(CC(=O)N(C)C)CC1. The Balaban J connectivity index is 1.58. The number of rotatable bonds is 7. The molecule has 0 unspecified atom stereocenters. The molecule has 1 saturated carbocycles. The molecule has 0 bridgehead atoms. The maximum Gasteiger partial charge on any atom is 0.236 e. The monoisotopic (exact) mass is 433 g/mol. The third-order valence-electron chi connectivity index (χ3n) is 6.52. The van der Waals surface area contributed by atoms with Crippen LogP contribution in [0.5, 0.6) is 0 Å². The Kier molecular flexibility index (Phi) is 8.57. The number of piperidine rings is 1. The molecule has 0 aromatic carbocycles. The molecule has 30 heavy (non-hydrogen) atoms. The fourth-order valence-electron chi connectivity index (χ4n) is 4.60. The van der Waals surface area contributed by atoms with Crippen molar-refractivity contribution in [2.45, 2.75) is 63.3 Å². The van der Waals surface area contributed by atoms with E-state index in [1.165, 1.54) is 37.0 Å². The van der Waals surface area contributed by atoms with Crippen molar-refractivity contribution in [3.05, 3.63) is 22.4 Å². The third kappa shape index (κ3) is 6.20. The Morgan fingerprint density at radius 2 is 2.00 bits per heavy atom. The first-order valence-corrected chi connectivity index (χ1v) is 12.4. The van der Waals surface area contributed by atoms with Crippen LogP contribution in [-0.2, 0) is 10.2 Å². The van der Waals surface area contributed by atoms with Crippen molar-refractivity contribution in [3.8, 4) is 0 Å². The van der Waals surface area contributed by atoms with Crippen molar-refractivity contribution >= 4 is 23.2 Å². The Labute approximate surface area is 186 Å². The Hall–Kier alpha value is -1.60. The zero-order valence-electron chi connectivity index (χ0n) is 19.0. The fourth-order valence-corrected chi connectivity index (χ4v) is 5.58. The van der Waals surface area contributed by atoms with Crippen LogP contribution >= 0.6 is 11.3 Å². The van der Waals surface area contributed by atoms with Crippen molar-refractivity contribution < 1.29 is 4.79 Å². The third-order valence-corrected chi connectivity index (χ3v) is 7.64. The van der Waals surface area contributed by atoms with Crippen molar-refractivity contribution in [3.63, 3.8) is 0 Å². The van der Waals surface area contributed by atoms with E-state index in [1.54, 1.807) is 4.90 Å². The lowest BCUT2D eigenvalue weighted by molar-refractivity contribution is -0.130. The van der Waals surface area contributed by atoms with Gasteiger partial charge >= 0.3 is 0 Å². The van der Waals surface area contributed by atoms with Gasteiger partial charge in [-0.3, -0.25) is 14.7 Å². The lowest BCUT2D eigenvalue weighted by Gasteiger charge is -2.36. The first-order chi connectivity index (χ1) is 14.5. The Bertz CT molecular complexity index is 674. The highest BCUT2D eigenvalue weighted by Crippen LogP contribution is 2.41. The number of aliphatic imine (C=N–C) groups is 1. The van der Waals surface area contributed by atoms with E-state index < -0.39 is 0 Å². The molecule has 2 fully saturated rings. The number of hydrogen-bond acceptors (Lipinski definition) is 4. The van der Waals surface area contributed by atoms with Gasteiger partial charge < -0.3 is 15.5 Å². The molecule has 0 spiro atoms. The molecule has 1 aliphatic carbocycles. The average molecular weight is 434 g/mol. The highest BCUT2D eigenvalue weighted by atomic mass is 32.1. The van der Waals surface area contributed by atoms with Crippen LogP contribution in [0, 0.1) is 0 Å². The van der Waals surface area contributed by atoms with Gasteiger partial charge in [0.25, 0.3) is 0 Å². The van der Waals surface area contributed by atoms with Gasteiger partial charge in [0, 0.05) is 50.1 Å². The number of guanidine groups is 1. The van der Waals surface area contributed by atoms with E-state index in [1.807, 2.05) is 25.4 Å². The van der Waals surface area contributed by atoms with Gasteiger partial charge in [0.1, 0.15) is 0 Å². The molecule has 0 atom stereocenters. The summed E-state index contributed by atoms with van der Waals surface area (Å²) in [5, 5.41) is 9.34. The molecule has 6 nitrogen and oxygen atoms in total. The fraction of sp³-hybridized carbons (Fsp3) is 0.739. The minimum absolute atomic E-state index is 0.183. The number of likely N-dealkylation sites (N-methyl/N-ethyl adjacent to an activating group) is 1. The summed E-state index contributed by atoms with van der Waals surface area (Å²) in [5.41, 5.74) is 0.213. The van der Waals surface area contributed by atoms with Crippen molar-refractivity contribution in [1.82, 2.24) is 20.4 Å². The van der Waals surface area contributed by atoms with Crippen LogP contribution in [0.25, 0.3) is 0 Å². The van der Waals surface area contributed by atoms with E-state index >= 15 is 0 Å². The second kappa shape index (κ2) is 11.1. The number of thiophene rings is 1. The highest BCUT2D eigenvalue weighted by Gasteiger charge is 2.35. The zero-order chi connectivity index (χ0) is 21.4. The van der Waals surface area contributed by atoms with E-state index in [0.29, 0.717) is 12.6 Å². The summed E-state index contributed by atoms with van der Waals surface area (Å²) in [7, 11) is 3.65. The van der Waals surface area contributed by atoms with E-state index in [9.17, 15) is 4.79 Å². The van der Waals surface area contributed by atoms with Gasteiger partial charge in [-0.25, -0.2) is 0 Å². The number of likely N-dealkylation sites (tertiary alicyclic amines) is 1. The number of carbonyl (C=O) groups is 1. The van der Waals surface area contributed by atoms with Crippen molar-refractivity contribution in [2.24, 2.45) is 4.99 Å². The molecule has 168 valence electrons. The standard InChI is InChI=1S/C23H39N5OS/c1-4-24-22(26-19-10-14-28(15-11-19)17-21(29)27(2)3)25-18-23(12-6-5-7-13-23)20-9-8-16-30-20/h8-9,16,19H,4-7,10-15,17-18H2,1-3H3,(H2,24,25,26). The Morgan fingerprint density at radius 3 is 2.60 bits per heavy atom. The van der Waals surface area contributed by atoms with Crippen LogP contribution in [0.4, 0.5) is 0 Å². The normalized spacial score (nSPS) is 20.7. The van der Waals surface area contributed by atoms with E-state index in [-0.39, 0.29) is 11.3 Å². The molecule has 1 aromatic rings. The minimum Gasteiger partial charge on any atom is -0.357 e. The molecule has 1 amide bonds. The molecule has 1 saturated heterocycles. The molecule has 2 heterocycles. The number of hydrogen-bond donors (Lipinski definition) is 2. The molecule has 1 aliphatic heterocycles. The van der Waals surface area contributed by atoms with Gasteiger partial charge in [0.2, 0.25) is 5.91 Å². The maximum atomic E-state index is 12.0. The molecule has 0 radical (unpaired) electrons. The van der Waals surface area contributed by atoms with E-state index in [2.05, 4.69) is 40.0 Å². The summed E-state index contributed by atoms with van der Waals surface area (Å²) >= 11 is 1.89. The predicted molar refractivity (Wildman–Crippen MR) is 126 cm³/mol. The van der Waals surface area contributed by atoms with E-state index in [4.69, 9.17) is 4.99 Å². The summed E-state index contributed by atoms with van der Waals surface area (Å²) < 4.78 is 0. The summed E-state index contributed by atoms with van der Waals surface area (Å²) in [6.45, 7) is 6.29. The second-order valence-electron chi connectivity index (χ2n) is 9.00. The molecular weight excluding hydrogens is 394 g/mol. The van der Waals surface area contributed by atoms with Gasteiger partial charge in [0.05, 0.1) is 13.1 Å². The van der Waals surface area contributed by atoms with Crippen LogP contribution in [0.15, 0.2) is 22.5 Å². The second-order valence-corrected chi connectivity index (χ2v) is 9.94. The van der Waals surface area contributed by atoms with Crippen LogP contribution in [0.2, 0.25) is 0 Å². The Morgan fingerprint density at radius 1 is 1.27 bits per heavy atom. The average Bonchev–Trinajstić information content (AvgIpc) is 3.30. The number of amides is 1. The first-order valence-electron chi connectivity index (χ1n) is 11.5. The summed E-state index contributed by atoms with van der Waals surface area (Å²) in [4.78, 5) is 22.5. The quantitative estimate of drug-likeness (QED) is 0.513. The lowest BCUT2D eigenvalue weighted by Crippen LogP contribution is -2.50. The molecule has 2 N–H and O–H groups in total. The summed E-state index contributed by atoms with van der Waals surface area (Å²) in [5.74, 6) is 1.13.